The largest absolute Gasteiger partial charge is 0.464 e. The fourth-order valence-corrected chi connectivity index (χ4v) is 5.44. The fraction of sp³-hybridized carbons (Fsp3) is 0.708. The molecule has 0 saturated carbocycles. The molecule has 0 amide bonds. The van der Waals surface area contributed by atoms with Crippen molar-refractivity contribution in [2.45, 2.75) is 91.5 Å². The Balaban J connectivity index is 2.06. The second kappa shape index (κ2) is 14.5. The molecular weight excluding hydrogens is 515 g/mol. The van der Waals surface area contributed by atoms with Crippen LogP contribution in [0.5, 0.6) is 0 Å². The molecule has 0 aliphatic carbocycles. The van der Waals surface area contributed by atoms with Crippen LogP contribution in [-0.4, -0.2) is 68.8 Å². The zero-order valence-corrected chi connectivity index (χ0v) is 24.0. The number of aromatic nitrogens is 4. The number of ether oxygens (including phenoxy) is 3. The van der Waals surface area contributed by atoms with Gasteiger partial charge in [0.25, 0.3) is 7.52 Å². The maximum atomic E-state index is 13.8. The summed E-state index contributed by atoms with van der Waals surface area (Å²) in [7, 11) is -3.78. The normalized spacial score (nSPS) is 14.4. The smallest absolute Gasteiger partial charge is 0.326 e. The molecule has 0 unspecified atom stereocenters. The number of nitrogens with one attached hydrogen (secondary N) is 1. The number of hydrogen-bond acceptors (Lipinski definition) is 11. The van der Waals surface area contributed by atoms with Crippen LogP contribution in [0.1, 0.15) is 67.2 Å². The highest BCUT2D eigenvalue weighted by atomic mass is 31.2. The van der Waals surface area contributed by atoms with Crippen molar-refractivity contribution < 1.29 is 32.9 Å². The molecule has 0 aliphatic rings. The number of carbonyl (C=O) groups is 2. The van der Waals surface area contributed by atoms with Crippen molar-refractivity contribution in [1.29, 1.82) is 0 Å². The van der Waals surface area contributed by atoms with Gasteiger partial charge in [0.2, 0.25) is 0 Å². The fourth-order valence-electron chi connectivity index (χ4n) is 3.46. The molecule has 0 spiro atoms. The molecule has 2 atom stereocenters. The van der Waals surface area contributed by atoms with Crippen LogP contribution in [0.15, 0.2) is 12.7 Å². The Bertz CT molecular complexity index is 1110. The van der Waals surface area contributed by atoms with Crippen LogP contribution in [0.2, 0.25) is 0 Å². The molecule has 38 heavy (non-hydrogen) atoms. The van der Waals surface area contributed by atoms with Crippen LogP contribution < -0.4 is 10.8 Å². The first-order valence-corrected chi connectivity index (χ1v) is 14.6. The number of nitrogen functional groups attached to an aromatic ring is 1. The lowest BCUT2D eigenvalue weighted by Crippen LogP contribution is -2.47. The summed E-state index contributed by atoms with van der Waals surface area (Å²) in [6.07, 6.45) is 4.40. The Morgan fingerprint density at radius 3 is 2.58 bits per heavy atom. The van der Waals surface area contributed by atoms with Gasteiger partial charge in [-0.25, -0.2) is 20.0 Å². The Labute approximate surface area is 223 Å². The number of anilines is 1. The molecule has 2 aromatic heterocycles. The number of imidazole rings is 1. The van der Waals surface area contributed by atoms with Crippen molar-refractivity contribution in [3.8, 4) is 0 Å². The Hall–Kier alpha value is -2.60. The van der Waals surface area contributed by atoms with Gasteiger partial charge in [0.15, 0.2) is 11.5 Å². The lowest BCUT2D eigenvalue weighted by molar-refractivity contribution is -0.150. The van der Waals surface area contributed by atoms with E-state index in [1.807, 2.05) is 0 Å². The van der Waals surface area contributed by atoms with Gasteiger partial charge in [-0.05, 0) is 41.0 Å². The third-order valence-corrected chi connectivity index (χ3v) is 7.32. The topological polar surface area (TPSA) is 170 Å². The second-order valence-electron chi connectivity index (χ2n) is 9.81. The zero-order valence-electron chi connectivity index (χ0n) is 23.1. The molecule has 13 nitrogen and oxygen atoms in total. The number of nitrogens with zero attached hydrogens (tertiary/aromatic N) is 4. The predicted molar refractivity (Wildman–Crippen MR) is 142 cm³/mol. The molecule has 2 aromatic rings. The van der Waals surface area contributed by atoms with E-state index in [1.54, 1.807) is 45.5 Å². The molecule has 0 saturated heterocycles. The number of nitrogens with two attached hydrogens (primary N) is 1. The van der Waals surface area contributed by atoms with E-state index in [4.69, 9.17) is 24.5 Å². The van der Waals surface area contributed by atoms with Crippen LogP contribution >= 0.6 is 7.52 Å². The number of carbonyl (C=O) groups excluding carboxylic acids is 2. The van der Waals surface area contributed by atoms with Crippen LogP contribution in [0.25, 0.3) is 11.2 Å². The second-order valence-corrected chi connectivity index (χ2v) is 11.9. The van der Waals surface area contributed by atoms with E-state index in [0.717, 1.165) is 19.3 Å². The third-order valence-electron chi connectivity index (χ3n) is 5.33. The number of esters is 2. The standard InChI is InChI=1S/C24H41N6O7P/c1-7-8-9-11-34-23(32)24(5,6)29-38(33,36-12-10-19(31)37-17(2)3)16-35-18(4)13-30-15-28-20-21(25)26-14-27-22(20)30/h14-15,17-18H,7-13,16H2,1-6H3,(H,29,33)(H2,25,26,27)/t18-,38+/m1/s1. The van der Waals surface area contributed by atoms with Crippen LogP contribution in [0.4, 0.5) is 5.82 Å². The van der Waals surface area contributed by atoms with Crippen LogP contribution in [-0.2, 0) is 39.4 Å². The van der Waals surface area contributed by atoms with Gasteiger partial charge in [-0.2, -0.15) is 0 Å². The van der Waals surface area contributed by atoms with E-state index >= 15 is 0 Å². The van der Waals surface area contributed by atoms with Crippen molar-refractivity contribution >= 4 is 36.4 Å². The minimum Gasteiger partial charge on any atom is -0.464 e. The first-order valence-electron chi connectivity index (χ1n) is 12.8. The molecule has 0 bridgehead atoms. The maximum absolute atomic E-state index is 13.8. The highest BCUT2D eigenvalue weighted by molar-refractivity contribution is 7.56. The molecular formula is C24H41N6O7P. The number of rotatable bonds is 17. The molecule has 2 heterocycles. The van der Waals surface area contributed by atoms with Gasteiger partial charge in [-0.15, -0.1) is 0 Å². The van der Waals surface area contributed by atoms with E-state index in [-0.39, 0.29) is 37.9 Å². The van der Waals surface area contributed by atoms with Gasteiger partial charge in [0, 0.05) is 0 Å². The summed E-state index contributed by atoms with van der Waals surface area (Å²) in [6.45, 7) is 10.8. The van der Waals surface area contributed by atoms with E-state index in [1.165, 1.54) is 6.33 Å². The highest BCUT2D eigenvalue weighted by Gasteiger charge is 2.38. The predicted octanol–water partition coefficient (Wildman–Crippen LogP) is 3.42. The van der Waals surface area contributed by atoms with Crippen molar-refractivity contribution in [2.24, 2.45) is 0 Å². The quantitative estimate of drug-likeness (QED) is 0.166. The molecule has 0 aliphatic heterocycles. The van der Waals surface area contributed by atoms with Gasteiger partial charge in [-0.1, -0.05) is 19.8 Å². The maximum Gasteiger partial charge on any atom is 0.326 e. The first-order chi connectivity index (χ1) is 17.9. The zero-order chi connectivity index (χ0) is 28.3. The lowest BCUT2D eigenvalue weighted by Gasteiger charge is -2.30. The summed E-state index contributed by atoms with van der Waals surface area (Å²) >= 11 is 0. The minimum absolute atomic E-state index is 0.108. The molecule has 14 heteroatoms. The summed E-state index contributed by atoms with van der Waals surface area (Å²) in [5.74, 6) is -0.778. The van der Waals surface area contributed by atoms with E-state index < -0.39 is 31.1 Å². The Kier molecular flexibility index (Phi) is 12.1. The Morgan fingerprint density at radius 2 is 1.89 bits per heavy atom. The molecule has 0 fully saturated rings. The minimum atomic E-state index is -3.78. The highest BCUT2D eigenvalue weighted by Crippen LogP contribution is 2.45. The SMILES string of the molecule is CCCCCOC(=O)C(C)(C)N[P@](=O)(CO[C@H](C)Cn1cnc2c(N)ncnc21)OCCC(=O)OC(C)C. The number of hydrogen-bond donors (Lipinski definition) is 2. The molecule has 3 N–H and O–H groups in total. The summed E-state index contributed by atoms with van der Waals surface area (Å²) in [5.41, 5.74) is 5.53. The van der Waals surface area contributed by atoms with Crippen LogP contribution in [0, 0.1) is 0 Å². The van der Waals surface area contributed by atoms with Gasteiger partial charge in [-0.3, -0.25) is 14.2 Å². The number of fused-ring (bicyclic) bond motifs is 1. The summed E-state index contributed by atoms with van der Waals surface area (Å²) < 4.78 is 37.5. The molecule has 0 radical (unpaired) electrons. The monoisotopic (exact) mass is 556 g/mol. The average molecular weight is 557 g/mol. The van der Waals surface area contributed by atoms with Gasteiger partial charge >= 0.3 is 11.9 Å². The lowest BCUT2D eigenvalue weighted by atomic mass is 10.1. The molecule has 214 valence electrons. The number of unbranched alkanes of at least 4 members (excludes halogenated alkanes) is 2. The Morgan fingerprint density at radius 1 is 1.16 bits per heavy atom. The van der Waals surface area contributed by atoms with Gasteiger partial charge in [0.1, 0.15) is 23.7 Å². The summed E-state index contributed by atoms with van der Waals surface area (Å²) in [5, 5.41) is 2.80. The van der Waals surface area contributed by atoms with Crippen LogP contribution in [0.3, 0.4) is 0 Å². The first kappa shape index (κ1) is 31.6. The van der Waals surface area contributed by atoms with Crippen molar-refractivity contribution in [3.63, 3.8) is 0 Å². The van der Waals surface area contributed by atoms with Crippen molar-refractivity contribution in [2.75, 3.05) is 25.3 Å². The van der Waals surface area contributed by atoms with E-state index in [0.29, 0.717) is 17.7 Å². The van der Waals surface area contributed by atoms with Crippen molar-refractivity contribution in [1.82, 2.24) is 24.6 Å². The van der Waals surface area contributed by atoms with Gasteiger partial charge in [0.05, 0.1) is 44.7 Å². The summed E-state index contributed by atoms with van der Waals surface area (Å²) in [6, 6.07) is 0. The summed E-state index contributed by atoms with van der Waals surface area (Å²) in [4.78, 5) is 37.0. The molecule has 0 aromatic carbocycles. The van der Waals surface area contributed by atoms with E-state index in [2.05, 4.69) is 27.0 Å². The average Bonchev–Trinajstić information content (AvgIpc) is 3.23. The van der Waals surface area contributed by atoms with Gasteiger partial charge < -0.3 is 29.0 Å². The van der Waals surface area contributed by atoms with E-state index in [9.17, 15) is 14.2 Å². The molecule has 2 rings (SSSR count). The third kappa shape index (κ3) is 9.94. The van der Waals surface area contributed by atoms with Crippen molar-refractivity contribution in [3.05, 3.63) is 12.7 Å².